The van der Waals surface area contributed by atoms with Crippen molar-refractivity contribution in [2.45, 2.75) is 43.7 Å². The fraction of sp³-hybridized carbons (Fsp3) is 0.600. The zero-order valence-electron chi connectivity index (χ0n) is 12.0. The highest BCUT2D eigenvalue weighted by atomic mass is 16.4. The maximum absolute atomic E-state index is 12.5. The highest BCUT2D eigenvalue weighted by molar-refractivity contribution is 5.97. The van der Waals surface area contributed by atoms with Gasteiger partial charge in [0.15, 0.2) is 0 Å². The number of carbonyl (C=O) groups is 2. The van der Waals surface area contributed by atoms with Gasteiger partial charge in [0.1, 0.15) is 11.2 Å². The van der Waals surface area contributed by atoms with Crippen LogP contribution in [0.5, 0.6) is 0 Å². The molecule has 0 atom stereocenters. The predicted octanol–water partition coefficient (Wildman–Crippen LogP) is 1.15. The number of rotatable bonds is 4. The second kappa shape index (κ2) is 5.52. The highest BCUT2D eigenvalue weighted by Gasteiger charge is 2.46. The van der Waals surface area contributed by atoms with Crippen molar-refractivity contribution in [3.8, 4) is 0 Å². The molecule has 6 heteroatoms. The van der Waals surface area contributed by atoms with Crippen LogP contribution in [0.2, 0.25) is 0 Å². The first-order valence-corrected chi connectivity index (χ1v) is 7.56. The molecule has 0 radical (unpaired) electrons. The van der Waals surface area contributed by atoms with E-state index in [0.717, 1.165) is 32.4 Å². The monoisotopic (exact) mass is 291 g/mol. The third-order valence-corrected chi connectivity index (χ3v) is 4.68. The van der Waals surface area contributed by atoms with E-state index in [1.165, 1.54) is 0 Å². The lowest BCUT2D eigenvalue weighted by atomic mass is 9.76. The maximum Gasteiger partial charge on any atom is 0.329 e. The second-order valence-electron chi connectivity index (χ2n) is 5.98. The molecule has 3 rings (SSSR count). The zero-order chi connectivity index (χ0) is 14.9. The summed E-state index contributed by atoms with van der Waals surface area (Å²) in [6.07, 6.45) is 5.77. The topological polar surface area (TPSA) is 83.4 Å². The van der Waals surface area contributed by atoms with Gasteiger partial charge in [0.2, 0.25) is 0 Å². The number of nitrogens with zero attached hydrogens (tertiary/aromatic N) is 1. The lowest BCUT2D eigenvalue weighted by molar-refractivity contribution is -0.148. The van der Waals surface area contributed by atoms with E-state index >= 15 is 0 Å². The molecule has 0 unspecified atom stereocenters. The first-order chi connectivity index (χ1) is 10.1. The first kappa shape index (κ1) is 14.1. The van der Waals surface area contributed by atoms with Crippen molar-refractivity contribution >= 4 is 11.9 Å². The molecule has 1 aromatic heterocycles. The van der Waals surface area contributed by atoms with E-state index < -0.39 is 11.5 Å². The van der Waals surface area contributed by atoms with Gasteiger partial charge < -0.3 is 20.3 Å². The molecule has 1 amide bonds. The number of aliphatic carboxylic acids is 1. The Kier molecular flexibility index (Phi) is 3.71. The quantitative estimate of drug-likeness (QED) is 0.777. The molecule has 6 nitrogen and oxygen atoms in total. The number of amides is 1. The Balaban J connectivity index is 1.76. The Bertz CT molecular complexity index is 542. The first-order valence-electron chi connectivity index (χ1n) is 7.56. The van der Waals surface area contributed by atoms with E-state index in [-0.39, 0.29) is 5.91 Å². The normalized spacial score (nSPS) is 21.5. The van der Waals surface area contributed by atoms with Crippen molar-refractivity contribution in [3.05, 3.63) is 24.0 Å². The number of carboxylic acid groups (broad SMARTS) is 1. The molecule has 1 saturated heterocycles. The highest BCUT2D eigenvalue weighted by Crippen LogP contribution is 2.32. The Morgan fingerprint density at radius 3 is 2.62 bits per heavy atom. The Hall–Kier alpha value is -1.82. The van der Waals surface area contributed by atoms with Crippen molar-refractivity contribution in [1.29, 1.82) is 0 Å². The third-order valence-electron chi connectivity index (χ3n) is 4.68. The van der Waals surface area contributed by atoms with Gasteiger partial charge in [-0.15, -0.1) is 0 Å². The van der Waals surface area contributed by atoms with Gasteiger partial charge in [-0.2, -0.15) is 0 Å². The van der Waals surface area contributed by atoms with E-state index in [2.05, 4.69) is 10.6 Å². The molecule has 1 saturated carbocycles. The smallest absolute Gasteiger partial charge is 0.329 e. The summed E-state index contributed by atoms with van der Waals surface area (Å²) in [4.78, 5) is 23.8. The minimum Gasteiger partial charge on any atom is -0.480 e. The molecule has 2 fully saturated rings. The van der Waals surface area contributed by atoms with Gasteiger partial charge in [0.05, 0.1) is 0 Å². The third kappa shape index (κ3) is 2.55. The Morgan fingerprint density at radius 2 is 2.05 bits per heavy atom. The molecule has 21 heavy (non-hydrogen) atoms. The molecule has 0 spiro atoms. The van der Waals surface area contributed by atoms with Crippen molar-refractivity contribution in [2.75, 3.05) is 13.1 Å². The number of carbonyl (C=O) groups excluding carboxylic acids is 1. The minimum absolute atomic E-state index is 0.277. The molecule has 2 aliphatic rings. The lowest BCUT2D eigenvalue weighted by Crippen LogP contribution is -2.59. The predicted molar refractivity (Wildman–Crippen MR) is 77.3 cm³/mol. The summed E-state index contributed by atoms with van der Waals surface area (Å²) in [5.41, 5.74) is -0.491. The van der Waals surface area contributed by atoms with Crippen molar-refractivity contribution in [2.24, 2.45) is 0 Å². The van der Waals surface area contributed by atoms with Gasteiger partial charge in [-0.25, -0.2) is 4.79 Å². The average molecular weight is 291 g/mol. The molecule has 0 aromatic carbocycles. The van der Waals surface area contributed by atoms with Gasteiger partial charge >= 0.3 is 5.97 Å². The molecule has 1 aliphatic heterocycles. The van der Waals surface area contributed by atoms with Gasteiger partial charge in [0, 0.05) is 12.2 Å². The van der Waals surface area contributed by atoms with Crippen LogP contribution in [0.4, 0.5) is 0 Å². The van der Waals surface area contributed by atoms with E-state index in [1.807, 2.05) is 16.8 Å². The van der Waals surface area contributed by atoms with Crippen LogP contribution in [-0.4, -0.2) is 40.2 Å². The van der Waals surface area contributed by atoms with Crippen LogP contribution in [-0.2, 0) is 4.79 Å². The second-order valence-corrected chi connectivity index (χ2v) is 5.98. The molecule has 114 valence electrons. The van der Waals surface area contributed by atoms with Crippen LogP contribution >= 0.6 is 0 Å². The molecule has 1 aromatic rings. The number of hydrogen-bond acceptors (Lipinski definition) is 3. The Morgan fingerprint density at radius 1 is 1.33 bits per heavy atom. The maximum atomic E-state index is 12.5. The summed E-state index contributed by atoms with van der Waals surface area (Å²) < 4.78 is 1.99. The number of piperidine rings is 1. The van der Waals surface area contributed by atoms with E-state index in [1.54, 1.807) is 6.07 Å². The van der Waals surface area contributed by atoms with Crippen molar-refractivity contribution < 1.29 is 14.7 Å². The number of aromatic nitrogens is 1. The van der Waals surface area contributed by atoms with Crippen molar-refractivity contribution in [3.63, 3.8) is 0 Å². The summed E-state index contributed by atoms with van der Waals surface area (Å²) in [5, 5.41) is 15.4. The zero-order valence-corrected chi connectivity index (χ0v) is 12.0. The van der Waals surface area contributed by atoms with Crippen molar-refractivity contribution in [1.82, 2.24) is 15.2 Å². The van der Waals surface area contributed by atoms with Crippen LogP contribution in [0, 0.1) is 0 Å². The Labute approximate surface area is 123 Å². The summed E-state index contributed by atoms with van der Waals surface area (Å²) in [5.74, 6) is -1.21. The van der Waals surface area contributed by atoms with E-state index in [0.29, 0.717) is 24.6 Å². The largest absolute Gasteiger partial charge is 0.480 e. The van der Waals surface area contributed by atoms with Crippen LogP contribution in [0.15, 0.2) is 18.3 Å². The molecular weight excluding hydrogens is 270 g/mol. The standard InChI is InChI=1S/C15H21N3O3/c19-13(17-15(14(20)21)6-2-7-15)12-3-1-10-18(12)11-4-8-16-9-5-11/h1,3,10-11,16H,2,4-9H2,(H,17,19)(H,20,21). The molecule has 1 aliphatic carbocycles. The minimum atomic E-state index is -1.06. The van der Waals surface area contributed by atoms with E-state index in [9.17, 15) is 14.7 Å². The summed E-state index contributed by atoms with van der Waals surface area (Å²) in [7, 11) is 0. The SMILES string of the molecule is O=C(NC1(C(=O)O)CCC1)c1cccn1C1CCNCC1. The van der Waals surface area contributed by atoms with Gasteiger partial charge in [-0.05, 0) is 57.3 Å². The van der Waals surface area contributed by atoms with Gasteiger partial charge in [-0.3, -0.25) is 4.79 Å². The number of nitrogens with one attached hydrogen (secondary N) is 2. The summed E-state index contributed by atoms with van der Waals surface area (Å²) >= 11 is 0. The molecular formula is C15H21N3O3. The molecule has 3 N–H and O–H groups in total. The summed E-state index contributed by atoms with van der Waals surface area (Å²) in [6, 6.07) is 3.93. The average Bonchev–Trinajstić information content (AvgIpc) is 2.92. The van der Waals surface area contributed by atoms with Gasteiger partial charge in [-0.1, -0.05) is 0 Å². The van der Waals surface area contributed by atoms with Gasteiger partial charge in [0.25, 0.3) is 5.91 Å². The summed E-state index contributed by atoms with van der Waals surface area (Å²) in [6.45, 7) is 1.89. The van der Waals surface area contributed by atoms with Crippen LogP contribution in [0.3, 0.4) is 0 Å². The number of carboxylic acids is 1. The van der Waals surface area contributed by atoms with Crippen LogP contribution in [0.1, 0.15) is 48.6 Å². The number of hydrogen-bond donors (Lipinski definition) is 3. The molecule has 0 bridgehead atoms. The fourth-order valence-corrected chi connectivity index (χ4v) is 3.19. The lowest BCUT2D eigenvalue weighted by Gasteiger charge is -2.38. The van der Waals surface area contributed by atoms with E-state index in [4.69, 9.17) is 0 Å². The fourth-order valence-electron chi connectivity index (χ4n) is 3.19. The van der Waals surface area contributed by atoms with Crippen LogP contribution in [0.25, 0.3) is 0 Å². The molecule has 2 heterocycles. The van der Waals surface area contributed by atoms with Crippen LogP contribution < -0.4 is 10.6 Å².